The Hall–Kier alpha value is -0.950. The van der Waals surface area contributed by atoms with Crippen molar-refractivity contribution >= 4 is 11.8 Å². The van der Waals surface area contributed by atoms with Gasteiger partial charge in [0.25, 0.3) is 0 Å². The van der Waals surface area contributed by atoms with Crippen LogP contribution in [0.25, 0.3) is 0 Å². The second kappa shape index (κ2) is 9.91. The Kier molecular flexibility index (Phi) is 8.40. The maximum atomic E-state index is 5.35. The van der Waals surface area contributed by atoms with Crippen molar-refractivity contribution < 1.29 is 0 Å². The number of hydrogen-bond donors (Lipinski definition) is 1. The van der Waals surface area contributed by atoms with Gasteiger partial charge in [-0.1, -0.05) is 37.8 Å². The molecular formula is C16H24N2S. The first-order valence-electron chi connectivity index (χ1n) is 6.88. The van der Waals surface area contributed by atoms with E-state index in [0.717, 1.165) is 24.4 Å². The van der Waals surface area contributed by atoms with Crippen molar-refractivity contribution in [3.63, 3.8) is 0 Å². The lowest BCUT2D eigenvalue weighted by Gasteiger charge is -2.17. The third-order valence-electron chi connectivity index (χ3n) is 3.00. The zero-order chi connectivity index (χ0) is 13.9. The van der Waals surface area contributed by atoms with Crippen LogP contribution >= 0.6 is 11.8 Å². The van der Waals surface area contributed by atoms with E-state index < -0.39 is 0 Å². The number of thioether (sulfide) groups is 1. The van der Waals surface area contributed by atoms with Crippen LogP contribution in [0.4, 0.5) is 0 Å². The van der Waals surface area contributed by atoms with Gasteiger partial charge in [-0.2, -0.15) is 11.8 Å². The van der Waals surface area contributed by atoms with Crippen LogP contribution in [0.5, 0.6) is 0 Å². The Bertz CT molecular complexity index is 399. The van der Waals surface area contributed by atoms with E-state index in [1.807, 2.05) is 11.8 Å². The molecule has 0 bridgehead atoms. The molecule has 0 aliphatic carbocycles. The summed E-state index contributed by atoms with van der Waals surface area (Å²) in [5.74, 6) is 8.18. The largest absolute Gasteiger partial charge is 0.320 e. The third-order valence-corrected chi connectivity index (χ3v) is 4.01. The fourth-order valence-corrected chi connectivity index (χ4v) is 2.72. The van der Waals surface area contributed by atoms with Gasteiger partial charge in [-0.25, -0.2) is 0 Å². The molecule has 0 saturated carbocycles. The summed E-state index contributed by atoms with van der Waals surface area (Å²) in [5, 5.41) is 0. The quantitative estimate of drug-likeness (QED) is 0.613. The minimum absolute atomic E-state index is 0.420. The molecule has 3 heteroatoms. The molecule has 0 aliphatic heterocycles. The van der Waals surface area contributed by atoms with Crippen LogP contribution in [0.3, 0.4) is 0 Å². The summed E-state index contributed by atoms with van der Waals surface area (Å²) in [6.45, 7) is 8.32. The molecule has 0 unspecified atom stereocenters. The van der Waals surface area contributed by atoms with Gasteiger partial charge in [-0.15, -0.1) is 0 Å². The molecule has 0 heterocycles. The summed E-state index contributed by atoms with van der Waals surface area (Å²) in [6, 6.07) is 8.46. The van der Waals surface area contributed by atoms with E-state index in [4.69, 9.17) is 5.73 Å². The summed E-state index contributed by atoms with van der Waals surface area (Å²) in [5.41, 5.74) is 7.76. The average molecular weight is 276 g/mol. The molecule has 2 N–H and O–H groups in total. The number of nitrogens with two attached hydrogens (primary N) is 1. The van der Waals surface area contributed by atoms with Gasteiger partial charge in [0.05, 0.1) is 6.54 Å². The molecule has 2 nitrogen and oxygen atoms in total. The third kappa shape index (κ3) is 6.68. The van der Waals surface area contributed by atoms with Gasteiger partial charge >= 0.3 is 0 Å². The number of rotatable bonds is 7. The molecule has 0 radical (unpaired) electrons. The van der Waals surface area contributed by atoms with Gasteiger partial charge in [-0.05, 0) is 30.8 Å². The van der Waals surface area contributed by atoms with Gasteiger partial charge in [0, 0.05) is 23.6 Å². The molecule has 0 fully saturated rings. The number of hydrogen-bond acceptors (Lipinski definition) is 3. The SMILES string of the molecule is CCN(CC)CCSCc1ccc(C#CCN)cc1. The first-order chi connectivity index (χ1) is 9.30. The smallest absolute Gasteiger partial charge is 0.0555 e. The summed E-state index contributed by atoms with van der Waals surface area (Å²) in [6.07, 6.45) is 0. The highest BCUT2D eigenvalue weighted by molar-refractivity contribution is 7.98. The van der Waals surface area contributed by atoms with Gasteiger partial charge in [0.1, 0.15) is 0 Å². The summed E-state index contributed by atoms with van der Waals surface area (Å²) in [7, 11) is 0. The molecule has 0 spiro atoms. The standard InChI is InChI=1S/C16H24N2S/c1-3-18(4-2)12-13-19-14-16-9-7-15(8-10-16)6-5-11-17/h7-10H,3-4,11-14,17H2,1-2H3. The van der Waals surface area contributed by atoms with Gasteiger partial charge in [0.15, 0.2) is 0 Å². The highest BCUT2D eigenvalue weighted by atomic mass is 32.2. The van der Waals surface area contributed by atoms with Crippen molar-refractivity contribution in [2.45, 2.75) is 19.6 Å². The zero-order valence-corrected chi connectivity index (χ0v) is 12.8. The first-order valence-corrected chi connectivity index (χ1v) is 8.03. The number of benzene rings is 1. The predicted octanol–water partition coefficient (Wildman–Crippen LogP) is 2.57. The summed E-state index contributed by atoms with van der Waals surface area (Å²) in [4.78, 5) is 2.46. The zero-order valence-electron chi connectivity index (χ0n) is 12.0. The fourth-order valence-electron chi connectivity index (χ4n) is 1.76. The maximum Gasteiger partial charge on any atom is 0.0555 e. The molecule has 1 rings (SSSR count). The highest BCUT2D eigenvalue weighted by Gasteiger charge is 1.99. The van der Waals surface area contributed by atoms with Crippen molar-refractivity contribution in [1.29, 1.82) is 0 Å². The average Bonchev–Trinajstić information content (AvgIpc) is 2.46. The van der Waals surface area contributed by atoms with E-state index in [1.54, 1.807) is 0 Å². The lowest BCUT2D eigenvalue weighted by Crippen LogP contribution is -2.25. The van der Waals surface area contributed by atoms with Crippen LogP contribution in [-0.2, 0) is 5.75 Å². The Morgan fingerprint density at radius 2 is 1.84 bits per heavy atom. The van der Waals surface area contributed by atoms with Crippen LogP contribution in [0, 0.1) is 11.8 Å². The Labute approximate surface area is 121 Å². The fraction of sp³-hybridized carbons (Fsp3) is 0.500. The van der Waals surface area contributed by atoms with Gasteiger partial charge in [0.2, 0.25) is 0 Å². The molecular weight excluding hydrogens is 252 g/mol. The maximum absolute atomic E-state index is 5.35. The number of nitrogens with zero attached hydrogens (tertiary/aromatic N) is 1. The molecule has 104 valence electrons. The summed E-state index contributed by atoms with van der Waals surface area (Å²) >= 11 is 1.99. The van der Waals surface area contributed by atoms with Crippen molar-refractivity contribution in [3.8, 4) is 11.8 Å². The monoisotopic (exact) mass is 276 g/mol. The predicted molar refractivity (Wildman–Crippen MR) is 86.3 cm³/mol. The van der Waals surface area contributed by atoms with E-state index in [0.29, 0.717) is 6.54 Å². The van der Waals surface area contributed by atoms with Crippen molar-refractivity contribution in [3.05, 3.63) is 35.4 Å². The van der Waals surface area contributed by atoms with E-state index in [-0.39, 0.29) is 0 Å². The minimum atomic E-state index is 0.420. The van der Waals surface area contributed by atoms with E-state index in [2.05, 4.69) is 54.9 Å². The van der Waals surface area contributed by atoms with Crippen LogP contribution < -0.4 is 5.73 Å². The molecule has 1 aromatic carbocycles. The minimum Gasteiger partial charge on any atom is -0.320 e. The van der Waals surface area contributed by atoms with Gasteiger partial charge in [-0.3, -0.25) is 0 Å². The Balaban J connectivity index is 2.30. The molecule has 0 aromatic heterocycles. The van der Waals surface area contributed by atoms with Crippen LogP contribution in [0.1, 0.15) is 25.0 Å². The molecule has 0 atom stereocenters. The molecule has 0 saturated heterocycles. The van der Waals surface area contributed by atoms with Crippen LogP contribution in [0.15, 0.2) is 24.3 Å². The van der Waals surface area contributed by atoms with E-state index in [9.17, 15) is 0 Å². The lowest BCUT2D eigenvalue weighted by atomic mass is 10.1. The van der Waals surface area contributed by atoms with Crippen molar-refractivity contribution in [2.24, 2.45) is 5.73 Å². The van der Waals surface area contributed by atoms with Crippen LogP contribution in [0.2, 0.25) is 0 Å². The van der Waals surface area contributed by atoms with E-state index >= 15 is 0 Å². The highest BCUT2D eigenvalue weighted by Crippen LogP contribution is 2.13. The second-order valence-corrected chi connectivity index (χ2v) is 5.39. The van der Waals surface area contributed by atoms with Crippen molar-refractivity contribution in [1.82, 2.24) is 4.90 Å². The normalized spacial score (nSPS) is 10.3. The molecule has 1 aromatic rings. The Morgan fingerprint density at radius 1 is 1.16 bits per heavy atom. The second-order valence-electron chi connectivity index (χ2n) is 4.28. The molecule has 0 aliphatic rings. The molecule has 19 heavy (non-hydrogen) atoms. The van der Waals surface area contributed by atoms with Crippen LogP contribution in [-0.4, -0.2) is 36.8 Å². The topological polar surface area (TPSA) is 29.3 Å². The lowest BCUT2D eigenvalue weighted by molar-refractivity contribution is 0.324. The van der Waals surface area contributed by atoms with Gasteiger partial charge < -0.3 is 10.6 Å². The summed E-state index contributed by atoms with van der Waals surface area (Å²) < 4.78 is 0. The van der Waals surface area contributed by atoms with E-state index in [1.165, 1.54) is 17.9 Å². The first kappa shape index (κ1) is 16.1. The Morgan fingerprint density at radius 3 is 2.42 bits per heavy atom. The van der Waals surface area contributed by atoms with Crippen molar-refractivity contribution in [2.75, 3.05) is 31.9 Å². The molecule has 0 amide bonds.